The first-order valence-corrected chi connectivity index (χ1v) is 9.87. The molecule has 1 fully saturated rings. The monoisotopic (exact) mass is 388 g/mol. The van der Waals surface area contributed by atoms with Crippen molar-refractivity contribution in [2.45, 2.75) is 38.7 Å². The third-order valence-corrected chi connectivity index (χ3v) is 5.27. The fourth-order valence-corrected chi connectivity index (χ4v) is 3.81. The molecule has 4 rings (SSSR count). The molecule has 0 bridgehead atoms. The summed E-state index contributed by atoms with van der Waals surface area (Å²) in [6.07, 6.45) is 5.33. The van der Waals surface area contributed by atoms with Crippen LogP contribution < -0.4 is 15.4 Å². The summed E-state index contributed by atoms with van der Waals surface area (Å²) in [5, 5.41) is 14.1. The van der Waals surface area contributed by atoms with Gasteiger partial charge in [0.2, 0.25) is 6.41 Å². The molecule has 1 amide bonds. The van der Waals surface area contributed by atoms with Crippen molar-refractivity contribution >= 4 is 29.0 Å². The average molecular weight is 388 g/mol. The van der Waals surface area contributed by atoms with E-state index < -0.39 is 0 Å². The second-order valence-electron chi connectivity index (χ2n) is 7.34. The molecule has 0 unspecified atom stereocenters. The van der Waals surface area contributed by atoms with Gasteiger partial charge in [0.25, 0.3) is 0 Å². The van der Waals surface area contributed by atoms with E-state index in [4.69, 9.17) is 15.1 Å². The zero-order valence-corrected chi connectivity index (χ0v) is 16.4. The van der Waals surface area contributed by atoms with Crippen LogP contribution in [0.2, 0.25) is 0 Å². The number of guanidine groups is 1. The first-order valence-electron chi connectivity index (χ1n) is 9.87. The number of aromatic nitrogens is 1. The van der Waals surface area contributed by atoms with E-state index >= 15 is 0 Å². The maximum atomic E-state index is 10.7. The van der Waals surface area contributed by atoms with Crippen LogP contribution in [0, 0.1) is 12.3 Å². The second-order valence-corrected chi connectivity index (χ2v) is 7.34. The number of carbonyl (C=O) groups excluding carboxylic acids is 1. The van der Waals surface area contributed by atoms with Crippen LogP contribution in [0.4, 0.5) is 5.69 Å². The summed E-state index contributed by atoms with van der Waals surface area (Å²) in [6.45, 7) is 2.04. The van der Waals surface area contributed by atoms with E-state index in [1.165, 1.54) is 12.8 Å². The van der Waals surface area contributed by atoms with Gasteiger partial charge in [-0.2, -0.15) is 0 Å². The molecule has 0 saturated heterocycles. The summed E-state index contributed by atoms with van der Waals surface area (Å²) >= 11 is 0. The van der Waals surface area contributed by atoms with Crippen LogP contribution in [0.3, 0.4) is 0 Å². The molecule has 6 nitrogen and oxygen atoms in total. The Morgan fingerprint density at radius 1 is 1.17 bits per heavy atom. The summed E-state index contributed by atoms with van der Waals surface area (Å²) in [4.78, 5) is 15.6. The standard InChI is InChI=1S/C23H24N4O2/c1-15-6-2-5-9-18(15)21-13-22(27-23(24)25-14-28)19-12-17(10-11-20(19)26-21)29-16-7-3-4-8-16/h2,5-6,9-14,16H,3-4,7-8H2,1H3,(H3,24,25,26,27,28). The van der Waals surface area contributed by atoms with Crippen molar-refractivity contribution in [1.29, 1.82) is 5.41 Å². The van der Waals surface area contributed by atoms with Gasteiger partial charge >= 0.3 is 0 Å². The Labute approximate surface area is 169 Å². The highest BCUT2D eigenvalue weighted by atomic mass is 16.5. The number of hydrogen-bond donors (Lipinski definition) is 3. The van der Waals surface area contributed by atoms with Crippen molar-refractivity contribution in [3.63, 3.8) is 0 Å². The third-order valence-electron chi connectivity index (χ3n) is 5.27. The molecule has 1 aliphatic carbocycles. The topological polar surface area (TPSA) is 87.1 Å². The molecule has 29 heavy (non-hydrogen) atoms. The summed E-state index contributed by atoms with van der Waals surface area (Å²) < 4.78 is 6.14. The molecule has 0 atom stereocenters. The van der Waals surface area contributed by atoms with Gasteiger partial charge in [-0.3, -0.25) is 15.5 Å². The van der Waals surface area contributed by atoms with Crippen molar-refractivity contribution in [3.8, 4) is 17.0 Å². The first-order chi connectivity index (χ1) is 14.1. The maximum Gasteiger partial charge on any atom is 0.213 e. The lowest BCUT2D eigenvalue weighted by molar-refractivity contribution is -0.108. The summed E-state index contributed by atoms with van der Waals surface area (Å²) in [6, 6.07) is 15.8. The highest BCUT2D eigenvalue weighted by Gasteiger charge is 2.17. The number of ether oxygens (including phenoxy) is 1. The number of nitrogens with zero attached hydrogens (tertiary/aromatic N) is 1. The number of rotatable bonds is 5. The van der Waals surface area contributed by atoms with E-state index in [9.17, 15) is 4.79 Å². The van der Waals surface area contributed by atoms with Crippen molar-refractivity contribution in [3.05, 3.63) is 54.1 Å². The summed E-state index contributed by atoms with van der Waals surface area (Å²) in [5.74, 6) is 0.707. The van der Waals surface area contributed by atoms with Crippen LogP contribution >= 0.6 is 0 Å². The number of pyridine rings is 1. The largest absolute Gasteiger partial charge is 0.490 e. The molecule has 2 aromatic carbocycles. The quantitative estimate of drug-likeness (QED) is 0.338. The van der Waals surface area contributed by atoms with Crippen molar-refractivity contribution < 1.29 is 9.53 Å². The Balaban J connectivity index is 1.78. The first kappa shape index (κ1) is 18.9. The minimum atomic E-state index is -0.0923. The van der Waals surface area contributed by atoms with Crippen LogP contribution in [0.15, 0.2) is 48.5 Å². The van der Waals surface area contributed by atoms with Gasteiger partial charge in [-0.15, -0.1) is 0 Å². The zero-order valence-electron chi connectivity index (χ0n) is 16.4. The lowest BCUT2D eigenvalue weighted by Gasteiger charge is -2.16. The van der Waals surface area contributed by atoms with Gasteiger partial charge in [-0.1, -0.05) is 24.3 Å². The Kier molecular flexibility index (Phi) is 5.42. The van der Waals surface area contributed by atoms with E-state index in [1.54, 1.807) is 0 Å². The van der Waals surface area contributed by atoms with Gasteiger partial charge in [0.15, 0.2) is 5.96 Å². The molecule has 0 spiro atoms. The van der Waals surface area contributed by atoms with E-state index in [-0.39, 0.29) is 12.1 Å². The second kappa shape index (κ2) is 8.31. The number of benzene rings is 2. The van der Waals surface area contributed by atoms with Gasteiger partial charge in [0.1, 0.15) is 5.75 Å². The third kappa shape index (κ3) is 4.21. The van der Waals surface area contributed by atoms with E-state index in [0.29, 0.717) is 12.1 Å². The molecule has 6 heteroatoms. The van der Waals surface area contributed by atoms with E-state index in [2.05, 4.69) is 10.6 Å². The molecule has 1 saturated carbocycles. The molecule has 148 valence electrons. The average Bonchev–Trinajstić information content (AvgIpc) is 3.22. The maximum absolute atomic E-state index is 10.7. The fraction of sp³-hybridized carbons (Fsp3) is 0.261. The Morgan fingerprint density at radius 2 is 1.97 bits per heavy atom. The van der Waals surface area contributed by atoms with Gasteiger partial charge in [-0.25, -0.2) is 4.98 Å². The van der Waals surface area contributed by atoms with Crippen LogP contribution in [-0.2, 0) is 4.79 Å². The molecule has 3 N–H and O–H groups in total. The number of fused-ring (bicyclic) bond motifs is 1. The molecule has 0 radical (unpaired) electrons. The number of amides is 1. The van der Waals surface area contributed by atoms with Crippen molar-refractivity contribution in [1.82, 2.24) is 10.3 Å². The minimum absolute atomic E-state index is 0.0923. The summed E-state index contributed by atoms with van der Waals surface area (Å²) in [5.41, 5.74) is 4.45. The van der Waals surface area contributed by atoms with Crippen molar-refractivity contribution in [2.75, 3.05) is 5.32 Å². The highest BCUT2D eigenvalue weighted by molar-refractivity contribution is 6.05. The Hall–Kier alpha value is -3.41. The van der Waals surface area contributed by atoms with Crippen LogP contribution in [0.5, 0.6) is 5.75 Å². The molecule has 1 aromatic heterocycles. The molecule has 1 aliphatic rings. The predicted molar refractivity (Wildman–Crippen MR) is 115 cm³/mol. The number of hydrogen-bond acceptors (Lipinski definition) is 4. The molecular weight excluding hydrogens is 364 g/mol. The van der Waals surface area contributed by atoms with Gasteiger partial charge in [0, 0.05) is 10.9 Å². The minimum Gasteiger partial charge on any atom is -0.490 e. The number of carbonyl (C=O) groups is 1. The number of aryl methyl sites for hydroxylation is 1. The summed E-state index contributed by atoms with van der Waals surface area (Å²) in [7, 11) is 0. The predicted octanol–water partition coefficient (Wildman–Crippen LogP) is 4.62. The molecular formula is C23H24N4O2. The molecule has 1 heterocycles. The molecule has 3 aromatic rings. The normalized spacial score (nSPS) is 14.0. The van der Waals surface area contributed by atoms with Gasteiger partial charge in [0.05, 0.1) is 23.0 Å². The Bertz CT molecular complexity index is 1060. The van der Waals surface area contributed by atoms with E-state index in [0.717, 1.165) is 46.3 Å². The number of nitrogens with one attached hydrogen (secondary N) is 3. The zero-order chi connectivity index (χ0) is 20.2. The lowest BCUT2D eigenvalue weighted by Crippen LogP contribution is -2.28. The van der Waals surface area contributed by atoms with Gasteiger partial charge < -0.3 is 10.1 Å². The fourth-order valence-electron chi connectivity index (χ4n) is 3.81. The SMILES string of the molecule is Cc1ccccc1-c1cc(NC(=N)NC=O)c2cc(OC3CCCC3)ccc2n1. The van der Waals surface area contributed by atoms with Gasteiger partial charge in [-0.05, 0) is 62.4 Å². The van der Waals surface area contributed by atoms with Crippen LogP contribution in [-0.4, -0.2) is 23.5 Å². The Morgan fingerprint density at radius 3 is 2.72 bits per heavy atom. The van der Waals surface area contributed by atoms with E-state index in [1.807, 2.05) is 55.5 Å². The number of anilines is 1. The van der Waals surface area contributed by atoms with Crippen molar-refractivity contribution in [2.24, 2.45) is 0 Å². The lowest BCUT2D eigenvalue weighted by atomic mass is 10.0. The van der Waals surface area contributed by atoms with Crippen LogP contribution in [0.1, 0.15) is 31.2 Å². The van der Waals surface area contributed by atoms with Crippen LogP contribution in [0.25, 0.3) is 22.2 Å². The molecule has 0 aliphatic heterocycles. The highest BCUT2D eigenvalue weighted by Crippen LogP contribution is 2.33. The smallest absolute Gasteiger partial charge is 0.213 e.